The molecule has 5 heteroatoms. The van der Waals surface area contributed by atoms with Gasteiger partial charge in [-0.15, -0.1) is 0 Å². The van der Waals surface area contributed by atoms with Crippen LogP contribution >= 0.6 is 0 Å². The zero-order valence-corrected chi connectivity index (χ0v) is 15.3. The summed E-state index contributed by atoms with van der Waals surface area (Å²) in [6.45, 7) is 9.58. The molecule has 0 aromatic heterocycles. The van der Waals surface area contributed by atoms with Crippen molar-refractivity contribution in [3.05, 3.63) is 35.6 Å². The van der Waals surface area contributed by atoms with Gasteiger partial charge in [0.1, 0.15) is 5.82 Å². The van der Waals surface area contributed by atoms with E-state index in [-0.39, 0.29) is 5.82 Å². The second-order valence-electron chi connectivity index (χ2n) is 7.33. The van der Waals surface area contributed by atoms with E-state index in [2.05, 4.69) is 16.7 Å². The van der Waals surface area contributed by atoms with Crippen molar-refractivity contribution in [3.8, 4) is 0 Å². The standard InChI is InChI=1S/C20H30FN3O/c1-2-22-11-13-24(14-12-22)20(25)15-17-7-9-23(10-8-17)16-18-5-3-4-6-19(18)21/h3-6,17H,2,7-16H2,1H3. The molecule has 1 aromatic carbocycles. The summed E-state index contributed by atoms with van der Waals surface area (Å²) >= 11 is 0. The summed E-state index contributed by atoms with van der Waals surface area (Å²) in [5.41, 5.74) is 0.769. The highest BCUT2D eigenvalue weighted by atomic mass is 19.1. The molecule has 0 radical (unpaired) electrons. The SMILES string of the molecule is CCN1CCN(C(=O)CC2CCN(Cc3ccccc3F)CC2)CC1. The third-order valence-corrected chi connectivity index (χ3v) is 5.69. The van der Waals surface area contributed by atoms with Crippen LogP contribution in [-0.4, -0.2) is 66.4 Å². The first-order chi connectivity index (χ1) is 12.2. The quantitative estimate of drug-likeness (QED) is 0.819. The molecule has 0 N–H and O–H groups in total. The van der Waals surface area contributed by atoms with Gasteiger partial charge in [0.15, 0.2) is 0 Å². The highest BCUT2D eigenvalue weighted by Crippen LogP contribution is 2.23. The predicted octanol–water partition coefficient (Wildman–Crippen LogP) is 2.59. The fourth-order valence-corrected chi connectivity index (χ4v) is 3.91. The lowest BCUT2D eigenvalue weighted by molar-refractivity contribution is -0.134. The molecule has 0 bridgehead atoms. The fraction of sp³-hybridized carbons (Fsp3) is 0.650. The van der Waals surface area contributed by atoms with Gasteiger partial charge in [-0.2, -0.15) is 0 Å². The third kappa shape index (κ3) is 5.02. The maximum absolute atomic E-state index is 13.8. The number of piperazine rings is 1. The Kier molecular flexibility index (Phi) is 6.43. The molecule has 2 heterocycles. The van der Waals surface area contributed by atoms with E-state index in [1.807, 2.05) is 17.0 Å². The number of rotatable bonds is 5. The van der Waals surface area contributed by atoms with E-state index in [1.165, 1.54) is 6.07 Å². The van der Waals surface area contributed by atoms with Crippen LogP contribution in [0.25, 0.3) is 0 Å². The van der Waals surface area contributed by atoms with Gasteiger partial charge in [0.2, 0.25) is 5.91 Å². The van der Waals surface area contributed by atoms with E-state index in [0.29, 0.717) is 24.8 Å². The van der Waals surface area contributed by atoms with Crippen molar-refractivity contribution >= 4 is 5.91 Å². The molecule has 0 spiro atoms. The average Bonchev–Trinajstić information content (AvgIpc) is 2.65. The van der Waals surface area contributed by atoms with Crippen LogP contribution in [-0.2, 0) is 11.3 Å². The summed E-state index contributed by atoms with van der Waals surface area (Å²) in [4.78, 5) is 19.3. The summed E-state index contributed by atoms with van der Waals surface area (Å²) < 4.78 is 13.8. The van der Waals surface area contributed by atoms with Gasteiger partial charge in [0, 0.05) is 44.7 Å². The number of likely N-dealkylation sites (tertiary alicyclic amines) is 1. The molecule has 0 saturated carbocycles. The van der Waals surface area contributed by atoms with E-state index in [0.717, 1.165) is 64.2 Å². The monoisotopic (exact) mass is 347 g/mol. The number of piperidine rings is 1. The summed E-state index contributed by atoms with van der Waals surface area (Å²) in [6, 6.07) is 7.01. The van der Waals surface area contributed by atoms with Crippen molar-refractivity contribution in [1.82, 2.24) is 14.7 Å². The summed E-state index contributed by atoms with van der Waals surface area (Å²) in [6.07, 6.45) is 2.75. The minimum atomic E-state index is -0.119. The van der Waals surface area contributed by atoms with Crippen LogP contribution < -0.4 is 0 Å². The zero-order chi connectivity index (χ0) is 17.6. The van der Waals surface area contributed by atoms with Crippen molar-refractivity contribution in [2.45, 2.75) is 32.7 Å². The Bertz CT molecular complexity index is 564. The van der Waals surface area contributed by atoms with Gasteiger partial charge in [-0.05, 0) is 44.5 Å². The second kappa shape index (κ2) is 8.77. The molecule has 25 heavy (non-hydrogen) atoms. The van der Waals surface area contributed by atoms with Crippen LogP contribution in [0.2, 0.25) is 0 Å². The Balaban J connectivity index is 1.40. The molecular weight excluding hydrogens is 317 g/mol. The van der Waals surface area contributed by atoms with Crippen molar-refractivity contribution in [2.24, 2.45) is 5.92 Å². The molecule has 1 amide bonds. The van der Waals surface area contributed by atoms with Crippen LogP contribution in [0.3, 0.4) is 0 Å². The summed E-state index contributed by atoms with van der Waals surface area (Å²) in [5.74, 6) is 0.683. The molecule has 0 unspecified atom stereocenters. The molecule has 0 aliphatic carbocycles. The number of carbonyl (C=O) groups excluding carboxylic acids is 1. The number of nitrogens with zero attached hydrogens (tertiary/aromatic N) is 3. The van der Waals surface area contributed by atoms with Gasteiger partial charge < -0.3 is 9.80 Å². The first-order valence-electron chi connectivity index (χ1n) is 9.61. The molecule has 1 aromatic rings. The van der Waals surface area contributed by atoms with E-state index >= 15 is 0 Å². The van der Waals surface area contributed by atoms with Crippen LogP contribution in [0.4, 0.5) is 4.39 Å². The zero-order valence-electron chi connectivity index (χ0n) is 15.3. The van der Waals surface area contributed by atoms with Crippen LogP contribution in [0, 0.1) is 11.7 Å². The Labute approximate surface area is 150 Å². The molecule has 2 aliphatic rings. The van der Waals surface area contributed by atoms with E-state index in [9.17, 15) is 9.18 Å². The summed E-state index contributed by atoms with van der Waals surface area (Å²) in [5, 5.41) is 0. The topological polar surface area (TPSA) is 26.8 Å². The first-order valence-corrected chi connectivity index (χ1v) is 9.61. The minimum absolute atomic E-state index is 0.119. The molecule has 4 nitrogen and oxygen atoms in total. The van der Waals surface area contributed by atoms with Gasteiger partial charge in [-0.25, -0.2) is 4.39 Å². The summed E-state index contributed by atoms with van der Waals surface area (Å²) in [7, 11) is 0. The molecule has 2 aliphatic heterocycles. The number of halogens is 1. The Morgan fingerprint density at radius 3 is 2.36 bits per heavy atom. The Hall–Kier alpha value is -1.46. The highest BCUT2D eigenvalue weighted by molar-refractivity contribution is 5.76. The van der Waals surface area contributed by atoms with Crippen LogP contribution in [0.15, 0.2) is 24.3 Å². The van der Waals surface area contributed by atoms with E-state index < -0.39 is 0 Å². The molecule has 138 valence electrons. The van der Waals surface area contributed by atoms with Crippen LogP contribution in [0.5, 0.6) is 0 Å². The number of amides is 1. The number of hydrogen-bond acceptors (Lipinski definition) is 3. The molecule has 2 saturated heterocycles. The molecule has 0 atom stereocenters. The van der Waals surface area contributed by atoms with Crippen molar-refractivity contribution in [2.75, 3.05) is 45.8 Å². The largest absolute Gasteiger partial charge is 0.340 e. The lowest BCUT2D eigenvalue weighted by atomic mass is 9.92. The minimum Gasteiger partial charge on any atom is -0.340 e. The van der Waals surface area contributed by atoms with Crippen molar-refractivity contribution in [1.29, 1.82) is 0 Å². The molecular formula is C20H30FN3O. The normalized spacial score (nSPS) is 20.8. The van der Waals surface area contributed by atoms with E-state index in [1.54, 1.807) is 6.07 Å². The van der Waals surface area contributed by atoms with Crippen LogP contribution in [0.1, 0.15) is 31.7 Å². The smallest absolute Gasteiger partial charge is 0.222 e. The Morgan fingerprint density at radius 1 is 1.04 bits per heavy atom. The van der Waals surface area contributed by atoms with Crippen molar-refractivity contribution in [3.63, 3.8) is 0 Å². The maximum Gasteiger partial charge on any atom is 0.222 e. The second-order valence-corrected chi connectivity index (χ2v) is 7.33. The molecule has 2 fully saturated rings. The third-order valence-electron chi connectivity index (χ3n) is 5.69. The Morgan fingerprint density at radius 2 is 1.72 bits per heavy atom. The first kappa shape index (κ1) is 18.3. The predicted molar refractivity (Wildman–Crippen MR) is 97.7 cm³/mol. The van der Waals surface area contributed by atoms with E-state index in [4.69, 9.17) is 0 Å². The van der Waals surface area contributed by atoms with Gasteiger partial charge in [0.05, 0.1) is 0 Å². The van der Waals surface area contributed by atoms with Gasteiger partial charge in [0.25, 0.3) is 0 Å². The number of benzene rings is 1. The highest BCUT2D eigenvalue weighted by Gasteiger charge is 2.26. The maximum atomic E-state index is 13.8. The van der Waals surface area contributed by atoms with Gasteiger partial charge >= 0.3 is 0 Å². The van der Waals surface area contributed by atoms with Gasteiger partial charge in [-0.3, -0.25) is 9.69 Å². The fourth-order valence-electron chi connectivity index (χ4n) is 3.91. The van der Waals surface area contributed by atoms with Gasteiger partial charge in [-0.1, -0.05) is 25.1 Å². The average molecular weight is 347 g/mol. The lowest BCUT2D eigenvalue weighted by Crippen LogP contribution is -2.49. The lowest BCUT2D eigenvalue weighted by Gasteiger charge is -2.36. The number of carbonyl (C=O) groups is 1. The van der Waals surface area contributed by atoms with Crippen molar-refractivity contribution < 1.29 is 9.18 Å². The number of likely N-dealkylation sites (N-methyl/N-ethyl adjacent to an activating group) is 1. The molecule has 3 rings (SSSR count). The number of hydrogen-bond donors (Lipinski definition) is 0.